The summed E-state index contributed by atoms with van der Waals surface area (Å²) in [6.45, 7) is 2.95. The molecule has 0 rings (SSSR count). The molecule has 0 aromatic rings. The molecule has 0 amide bonds. The van der Waals surface area contributed by atoms with Crippen LogP contribution >= 0.6 is 0 Å². The van der Waals surface area contributed by atoms with Crippen LogP contribution < -0.4 is 0 Å². The van der Waals surface area contributed by atoms with E-state index in [0.717, 1.165) is 0 Å². The largest absolute Gasteiger partial charge is 0.291 e. The minimum atomic E-state index is -0.345. The van der Waals surface area contributed by atoms with Gasteiger partial charge in [0, 0.05) is 49.9 Å². The third-order valence-electron chi connectivity index (χ3n) is 0.714. The average molecular weight is 229 g/mol. The molecule has 0 N–H and O–H groups in total. The topological polar surface area (TPSA) is 34.1 Å². The van der Waals surface area contributed by atoms with Gasteiger partial charge in [-0.2, -0.15) is 0 Å². The van der Waals surface area contributed by atoms with Crippen molar-refractivity contribution in [3.63, 3.8) is 0 Å². The second-order valence-electron chi connectivity index (χ2n) is 1.33. The van der Waals surface area contributed by atoms with Gasteiger partial charge in [0.2, 0.25) is 0 Å². The summed E-state index contributed by atoms with van der Waals surface area (Å²) in [5.41, 5.74) is 0. The molecule has 53 valence electrons. The first kappa shape index (κ1) is 16.2. The molecule has 0 bridgehead atoms. The van der Waals surface area contributed by atoms with Crippen LogP contribution in [0.4, 0.5) is 0 Å². The van der Waals surface area contributed by atoms with E-state index < -0.39 is 0 Å². The van der Waals surface area contributed by atoms with Crippen molar-refractivity contribution in [3.8, 4) is 0 Å². The summed E-state index contributed by atoms with van der Waals surface area (Å²) in [4.78, 5) is 20.2. The molecular weight excluding hydrogens is 221 g/mol. The Kier molecular flexibility index (Phi) is 15.3. The molecule has 2 nitrogen and oxygen atoms in total. The van der Waals surface area contributed by atoms with Crippen molar-refractivity contribution >= 4 is 11.6 Å². The Bertz CT molecular complexity index is 103. The van der Waals surface area contributed by atoms with Gasteiger partial charge in [-0.3, -0.25) is 9.59 Å². The summed E-state index contributed by atoms with van der Waals surface area (Å²) in [6, 6.07) is 0. The third-order valence-corrected chi connectivity index (χ3v) is 0.714. The summed E-state index contributed by atoms with van der Waals surface area (Å²) in [6.07, 6.45) is 0.329. The number of Topliss-reactive ketones (excluding diaryl/α,β-unsaturated/α-hetero) is 2. The van der Waals surface area contributed by atoms with Crippen LogP contribution in [0, 0.1) is 0 Å². The van der Waals surface area contributed by atoms with Crippen molar-refractivity contribution in [1.29, 1.82) is 0 Å². The van der Waals surface area contributed by atoms with Crippen LogP contribution in [0.5, 0.6) is 0 Å². The number of rotatable bonds is 2. The summed E-state index contributed by atoms with van der Waals surface area (Å²) < 4.78 is 0. The SMILES string of the molecule is CCC(=O)C(C)=O.[Cu].[Zn]. The Morgan fingerprint density at radius 1 is 1.33 bits per heavy atom. The quantitative estimate of drug-likeness (QED) is 0.511. The molecule has 0 saturated carbocycles. The molecule has 0 aromatic heterocycles. The van der Waals surface area contributed by atoms with E-state index in [2.05, 4.69) is 0 Å². The molecule has 1 radical (unpaired) electrons. The van der Waals surface area contributed by atoms with Crippen molar-refractivity contribution < 1.29 is 46.1 Å². The summed E-state index contributed by atoms with van der Waals surface area (Å²) in [7, 11) is 0. The number of carbonyl (C=O) groups excluding carboxylic acids is 2. The van der Waals surface area contributed by atoms with Crippen molar-refractivity contribution in [2.45, 2.75) is 20.3 Å². The molecule has 0 heterocycles. The minimum absolute atomic E-state index is 0. The number of ketones is 2. The maximum atomic E-state index is 10.2. The Morgan fingerprint density at radius 3 is 1.67 bits per heavy atom. The van der Waals surface area contributed by atoms with Crippen LogP contribution in [0.3, 0.4) is 0 Å². The van der Waals surface area contributed by atoms with Gasteiger partial charge in [-0.05, 0) is 0 Å². The number of hydrogen-bond donors (Lipinski definition) is 0. The van der Waals surface area contributed by atoms with Gasteiger partial charge in [-0.1, -0.05) is 6.92 Å². The van der Waals surface area contributed by atoms with Gasteiger partial charge in [0.1, 0.15) is 0 Å². The molecule has 0 aliphatic carbocycles. The van der Waals surface area contributed by atoms with Gasteiger partial charge in [0.05, 0.1) is 0 Å². The first-order valence-corrected chi connectivity index (χ1v) is 2.22. The van der Waals surface area contributed by atoms with Gasteiger partial charge in [0.15, 0.2) is 11.6 Å². The van der Waals surface area contributed by atoms with E-state index in [-0.39, 0.29) is 48.1 Å². The van der Waals surface area contributed by atoms with Crippen LogP contribution in [0.25, 0.3) is 0 Å². The molecule has 9 heavy (non-hydrogen) atoms. The van der Waals surface area contributed by atoms with Gasteiger partial charge in [-0.25, -0.2) is 0 Å². The van der Waals surface area contributed by atoms with E-state index >= 15 is 0 Å². The van der Waals surface area contributed by atoms with Gasteiger partial charge >= 0.3 is 0 Å². The van der Waals surface area contributed by atoms with E-state index in [1.807, 2.05) is 0 Å². The fraction of sp³-hybridized carbons (Fsp3) is 0.600. The Balaban J connectivity index is -0.000000180. The van der Waals surface area contributed by atoms with E-state index in [1.54, 1.807) is 6.92 Å². The standard InChI is InChI=1S/C5H8O2.Cu.Zn/c1-3-5(7)4(2)6;;/h3H2,1-2H3;;. The molecule has 0 fully saturated rings. The van der Waals surface area contributed by atoms with Crippen molar-refractivity contribution in [2.75, 3.05) is 0 Å². The minimum Gasteiger partial charge on any atom is -0.291 e. The monoisotopic (exact) mass is 227 g/mol. The van der Waals surface area contributed by atoms with Gasteiger partial charge < -0.3 is 0 Å². The van der Waals surface area contributed by atoms with Crippen LogP contribution in [0.15, 0.2) is 0 Å². The first-order valence-electron chi connectivity index (χ1n) is 2.22. The zero-order valence-corrected chi connectivity index (χ0v) is 9.44. The molecule has 0 aromatic carbocycles. The number of hydrogen-bond acceptors (Lipinski definition) is 2. The zero-order chi connectivity index (χ0) is 5.86. The number of carbonyl (C=O) groups is 2. The van der Waals surface area contributed by atoms with Crippen molar-refractivity contribution in [2.24, 2.45) is 0 Å². The third kappa shape index (κ3) is 8.48. The smallest absolute Gasteiger partial charge is 0.197 e. The maximum absolute atomic E-state index is 10.2. The molecular formula is C5H8CuO2Zn. The molecule has 0 spiro atoms. The second kappa shape index (κ2) is 8.48. The molecule has 4 heteroatoms. The molecule has 0 atom stereocenters. The second-order valence-corrected chi connectivity index (χ2v) is 1.33. The maximum Gasteiger partial charge on any atom is 0.197 e. The summed E-state index contributed by atoms with van der Waals surface area (Å²) >= 11 is 0. The van der Waals surface area contributed by atoms with E-state index in [1.165, 1.54) is 6.92 Å². The fourth-order valence-corrected chi connectivity index (χ4v) is 0.249. The van der Waals surface area contributed by atoms with Crippen LogP contribution in [0.2, 0.25) is 0 Å². The zero-order valence-electron chi connectivity index (χ0n) is 5.53. The van der Waals surface area contributed by atoms with E-state index in [9.17, 15) is 9.59 Å². The van der Waals surface area contributed by atoms with Crippen molar-refractivity contribution in [3.05, 3.63) is 0 Å². The Labute approximate surface area is 78.0 Å². The van der Waals surface area contributed by atoms with E-state index in [4.69, 9.17) is 0 Å². The molecule has 0 aliphatic rings. The van der Waals surface area contributed by atoms with Crippen molar-refractivity contribution in [1.82, 2.24) is 0 Å². The van der Waals surface area contributed by atoms with Gasteiger partial charge in [0.25, 0.3) is 0 Å². The molecule has 0 saturated heterocycles. The summed E-state index contributed by atoms with van der Waals surface area (Å²) in [5.74, 6) is -0.637. The first-order chi connectivity index (χ1) is 3.18. The average Bonchev–Trinajstić information content (AvgIpc) is 1.65. The normalized spacial score (nSPS) is 6.44. The molecule has 0 aliphatic heterocycles. The predicted octanol–water partition coefficient (Wildman–Crippen LogP) is 0.549. The Hall–Kier alpha value is 0.483. The van der Waals surface area contributed by atoms with Crippen LogP contribution in [0.1, 0.15) is 20.3 Å². The fourth-order valence-electron chi connectivity index (χ4n) is 0.249. The van der Waals surface area contributed by atoms with Gasteiger partial charge in [-0.15, -0.1) is 0 Å². The predicted molar refractivity (Wildman–Crippen MR) is 26.0 cm³/mol. The van der Waals surface area contributed by atoms with Crippen LogP contribution in [-0.4, -0.2) is 11.6 Å². The molecule has 0 unspecified atom stereocenters. The Morgan fingerprint density at radius 2 is 1.67 bits per heavy atom. The van der Waals surface area contributed by atoms with Crippen LogP contribution in [-0.2, 0) is 46.1 Å². The summed E-state index contributed by atoms with van der Waals surface area (Å²) in [5, 5.41) is 0. The van der Waals surface area contributed by atoms with E-state index in [0.29, 0.717) is 6.42 Å².